The van der Waals surface area contributed by atoms with Gasteiger partial charge in [0.2, 0.25) is 0 Å². The van der Waals surface area contributed by atoms with Crippen LogP contribution >= 0.6 is 0 Å². The summed E-state index contributed by atoms with van der Waals surface area (Å²) in [5.74, 6) is 0. The number of fused-ring (bicyclic) bond motifs is 5. The van der Waals surface area contributed by atoms with Crippen LogP contribution in [-0.2, 0) is 14.9 Å². The van der Waals surface area contributed by atoms with Crippen molar-refractivity contribution in [3.8, 4) is 0 Å². The fourth-order valence-electron chi connectivity index (χ4n) is 2.74. The van der Waals surface area contributed by atoms with Gasteiger partial charge in [0.05, 0.1) is 0 Å². The predicted molar refractivity (Wildman–Crippen MR) is 61.5 cm³/mol. The third-order valence-electron chi connectivity index (χ3n) is 3.54. The average molecular weight is 248 g/mol. The molecule has 1 aromatic carbocycles. The monoisotopic (exact) mass is 248 g/mol. The minimum Gasteiger partial charge on any atom is -0.338 e. The number of ether oxygens (including phenoxy) is 1. The van der Waals surface area contributed by atoms with Crippen LogP contribution in [0.4, 0.5) is 0 Å². The molecule has 1 saturated heterocycles. The molecule has 17 heavy (non-hydrogen) atoms. The van der Waals surface area contributed by atoms with Crippen LogP contribution in [-0.4, -0.2) is 24.0 Å². The molecule has 1 N–H and O–H groups in total. The Bertz CT molecular complexity index is 714. The highest BCUT2D eigenvalue weighted by Gasteiger charge is 2.71. The molecule has 0 spiro atoms. The van der Waals surface area contributed by atoms with Gasteiger partial charge in [0.1, 0.15) is 6.10 Å². The number of benzene rings is 1. The van der Waals surface area contributed by atoms with Crippen molar-refractivity contribution >= 4 is 21.3 Å². The number of rotatable bonds is 1. The second-order valence-electron chi connectivity index (χ2n) is 4.37. The largest absolute Gasteiger partial charge is 0.338 e. The first kappa shape index (κ1) is 9.58. The molecule has 5 heteroatoms. The van der Waals surface area contributed by atoms with Crippen LogP contribution in [0.25, 0.3) is 11.1 Å². The fourth-order valence-corrected chi connectivity index (χ4v) is 3.82. The van der Waals surface area contributed by atoms with Crippen molar-refractivity contribution in [2.75, 3.05) is 0 Å². The molecule has 0 amide bonds. The third kappa shape index (κ3) is 0.900. The number of epoxide rings is 1. The van der Waals surface area contributed by atoms with Crippen LogP contribution in [0.3, 0.4) is 0 Å². The minimum atomic E-state index is -4.26. The van der Waals surface area contributed by atoms with E-state index in [-0.39, 0.29) is 0 Å². The lowest BCUT2D eigenvalue weighted by Gasteiger charge is -2.30. The summed E-state index contributed by atoms with van der Waals surface area (Å²) in [6.45, 7) is 0. The molecule has 1 aromatic rings. The molecule has 2 aliphatic carbocycles. The number of hydrogen-bond acceptors (Lipinski definition) is 3. The van der Waals surface area contributed by atoms with Gasteiger partial charge in [-0.1, -0.05) is 36.4 Å². The smallest absolute Gasteiger partial charge is 0.302 e. The zero-order valence-electron chi connectivity index (χ0n) is 8.62. The second-order valence-corrected chi connectivity index (χ2v) is 5.93. The predicted octanol–water partition coefficient (Wildman–Crippen LogP) is 1.46. The Morgan fingerprint density at radius 2 is 1.94 bits per heavy atom. The third-order valence-corrected chi connectivity index (χ3v) is 4.84. The molecule has 0 bridgehead atoms. The van der Waals surface area contributed by atoms with Crippen LogP contribution in [0.1, 0.15) is 11.1 Å². The van der Waals surface area contributed by atoms with Gasteiger partial charge in [-0.2, -0.15) is 8.42 Å². The van der Waals surface area contributed by atoms with E-state index in [2.05, 4.69) is 0 Å². The van der Waals surface area contributed by atoms with Gasteiger partial charge in [0.15, 0.2) is 0 Å². The van der Waals surface area contributed by atoms with Crippen molar-refractivity contribution in [2.24, 2.45) is 0 Å². The second kappa shape index (κ2) is 2.53. The molecular weight excluding hydrogens is 240 g/mol. The average Bonchev–Trinajstić information content (AvgIpc) is 2.97. The van der Waals surface area contributed by atoms with Crippen LogP contribution in [0.2, 0.25) is 0 Å². The lowest BCUT2D eigenvalue weighted by atomic mass is 9.75. The van der Waals surface area contributed by atoms with Crippen LogP contribution < -0.4 is 0 Å². The number of hydrogen-bond donors (Lipinski definition) is 1. The highest BCUT2D eigenvalue weighted by atomic mass is 32.2. The normalized spacial score (nSPS) is 32.4. The highest BCUT2D eigenvalue weighted by molar-refractivity contribution is 7.88. The van der Waals surface area contributed by atoms with Gasteiger partial charge in [0, 0.05) is 5.57 Å². The SMILES string of the molecule is O=S(=O)(O)C12OC1C=CC1=C2c2ccccc21. The van der Waals surface area contributed by atoms with Gasteiger partial charge in [-0.05, 0) is 16.7 Å². The number of allylic oxidation sites excluding steroid dienone is 2. The van der Waals surface area contributed by atoms with Crippen molar-refractivity contribution < 1.29 is 17.7 Å². The Kier molecular flexibility index (Phi) is 1.43. The Morgan fingerprint density at radius 3 is 2.65 bits per heavy atom. The van der Waals surface area contributed by atoms with Crippen molar-refractivity contribution in [3.63, 3.8) is 0 Å². The molecule has 1 fully saturated rings. The molecule has 1 aliphatic heterocycles. The van der Waals surface area contributed by atoms with Gasteiger partial charge < -0.3 is 4.74 Å². The quantitative estimate of drug-likeness (QED) is 0.603. The molecule has 0 radical (unpaired) electrons. The summed E-state index contributed by atoms with van der Waals surface area (Å²) in [5.41, 5.74) is 3.32. The summed E-state index contributed by atoms with van der Waals surface area (Å²) in [7, 11) is -4.26. The topological polar surface area (TPSA) is 66.9 Å². The van der Waals surface area contributed by atoms with E-state index >= 15 is 0 Å². The first-order valence-corrected chi connectivity index (χ1v) is 6.67. The molecule has 2 unspecified atom stereocenters. The van der Waals surface area contributed by atoms with E-state index in [0.717, 1.165) is 16.7 Å². The standard InChI is InChI=1S/C12H8O4S/c13-17(14,15)12-10(16-12)6-5-9-7-3-1-2-4-8(7)11(9)12/h1-6,10H,(H,13,14,15). The van der Waals surface area contributed by atoms with Crippen molar-refractivity contribution in [3.05, 3.63) is 47.5 Å². The lowest BCUT2D eigenvalue weighted by molar-refractivity contribution is 0.369. The molecular formula is C12H8O4S. The van der Waals surface area contributed by atoms with Gasteiger partial charge >= 0.3 is 10.1 Å². The summed E-state index contributed by atoms with van der Waals surface area (Å²) in [6, 6.07) is 7.52. The summed E-state index contributed by atoms with van der Waals surface area (Å²) in [4.78, 5) is -1.54. The first-order chi connectivity index (χ1) is 8.06. The van der Waals surface area contributed by atoms with E-state index in [4.69, 9.17) is 4.74 Å². The van der Waals surface area contributed by atoms with E-state index in [1.165, 1.54) is 0 Å². The molecule has 1 heterocycles. The van der Waals surface area contributed by atoms with E-state index in [9.17, 15) is 13.0 Å². The summed E-state index contributed by atoms with van der Waals surface area (Å²) < 4.78 is 37.6. The summed E-state index contributed by atoms with van der Waals surface area (Å²) in [6.07, 6.45) is 2.99. The maximum absolute atomic E-state index is 11.5. The molecule has 3 aliphatic rings. The van der Waals surface area contributed by atoms with Crippen molar-refractivity contribution in [2.45, 2.75) is 11.0 Å². The van der Waals surface area contributed by atoms with Crippen LogP contribution in [0.15, 0.2) is 36.4 Å². The van der Waals surface area contributed by atoms with Crippen LogP contribution in [0, 0.1) is 0 Å². The molecule has 0 saturated carbocycles. The molecule has 2 atom stereocenters. The van der Waals surface area contributed by atoms with E-state index < -0.39 is 21.2 Å². The Morgan fingerprint density at radius 1 is 1.24 bits per heavy atom. The minimum absolute atomic E-state index is 0.551. The Balaban J connectivity index is 2.00. The Hall–Kier alpha value is -1.43. The maximum atomic E-state index is 11.5. The van der Waals surface area contributed by atoms with Gasteiger partial charge in [-0.25, -0.2) is 0 Å². The molecule has 4 nitrogen and oxygen atoms in total. The lowest BCUT2D eigenvalue weighted by Crippen LogP contribution is -2.33. The van der Waals surface area contributed by atoms with E-state index in [1.807, 2.05) is 30.3 Å². The van der Waals surface area contributed by atoms with E-state index in [0.29, 0.717) is 5.57 Å². The molecule has 86 valence electrons. The zero-order valence-corrected chi connectivity index (χ0v) is 9.44. The summed E-state index contributed by atoms with van der Waals surface area (Å²) >= 11 is 0. The first-order valence-electron chi connectivity index (χ1n) is 5.23. The highest BCUT2D eigenvalue weighted by Crippen LogP contribution is 2.61. The Labute approximate surface area is 98.0 Å². The van der Waals surface area contributed by atoms with Gasteiger partial charge in [-0.3, -0.25) is 4.55 Å². The maximum Gasteiger partial charge on any atom is 0.302 e. The van der Waals surface area contributed by atoms with Crippen molar-refractivity contribution in [1.82, 2.24) is 0 Å². The van der Waals surface area contributed by atoms with Crippen LogP contribution in [0.5, 0.6) is 0 Å². The molecule has 4 rings (SSSR count). The van der Waals surface area contributed by atoms with E-state index in [1.54, 1.807) is 6.08 Å². The van der Waals surface area contributed by atoms with Gasteiger partial charge in [0.25, 0.3) is 4.93 Å². The van der Waals surface area contributed by atoms with Gasteiger partial charge in [-0.15, -0.1) is 0 Å². The molecule has 0 aromatic heterocycles. The van der Waals surface area contributed by atoms with Crippen molar-refractivity contribution in [1.29, 1.82) is 0 Å². The summed E-state index contributed by atoms with van der Waals surface area (Å²) in [5, 5.41) is 0. The zero-order chi connectivity index (χ0) is 11.8. The fraction of sp³-hybridized carbons (Fsp3) is 0.167.